The molecule has 0 bridgehead atoms. The average molecular weight is 545 g/mol. The van der Waals surface area contributed by atoms with E-state index < -0.39 is 27.9 Å². The monoisotopic (exact) mass is 544 g/mol. The Bertz CT molecular complexity index is 1530. The zero-order valence-electron chi connectivity index (χ0n) is 20.0. The number of sulfonamides is 1. The molecule has 5 rings (SSSR count). The molecular formula is C27H23F3N2O5S. The standard InChI is InChI=1S/C27H23F3N2O5S/c28-27(29,30)25-13-11-21(17-31-25)36-20-7-3-5-18(15-20)10-12-23(33)22-8-4-14-32(22)38(34,35)26-16-19-6-1-2-9-24(19)37-26/h1-3,5-7,9,11,13,15-17,22H,4,8,10,12,14H2. The number of halogens is 3. The van der Waals surface area contributed by atoms with Crippen LogP contribution in [0, 0.1) is 0 Å². The number of benzene rings is 2. The molecule has 0 spiro atoms. The van der Waals surface area contributed by atoms with E-state index in [0.29, 0.717) is 36.0 Å². The highest BCUT2D eigenvalue weighted by molar-refractivity contribution is 7.89. The number of para-hydroxylation sites is 1. The first-order chi connectivity index (χ1) is 18.1. The number of ketones is 1. The molecule has 2 aromatic heterocycles. The number of hydrogen-bond acceptors (Lipinski definition) is 6. The summed E-state index contributed by atoms with van der Waals surface area (Å²) >= 11 is 0. The third-order valence-corrected chi connectivity index (χ3v) is 8.13. The van der Waals surface area contributed by atoms with E-state index in [9.17, 15) is 26.4 Å². The summed E-state index contributed by atoms with van der Waals surface area (Å²) in [4.78, 5) is 16.5. The maximum Gasteiger partial charge on any atom is 0.433 e. The van der Waals surface area contributed by atoms with Crippen LogP contribution in [-0.4, -0.2) is 36.1 Å². The normalized spacial score (nSPS) is 16.7. The lowest BCUT2D eigenvalue weighted by molar-refractivity contribution is -0.141. The van der Waals surface area contributed by atoms with Gasteiger partial charge in [-0.25, -0.2) is 13.4 Å². The summed E-state index contributed by atoms with van der Waals surface area (Å²) in [7, 11) is -3.98. The molecule has 0 amide bonds. The van der Waals surface area contributed by atoms with Crippen LogP contribution in [0.15, 0.2) is 82.4 Å². The van der Waals surface area contributed by atoms with Gasteiger partial charge in [-0.2, -0.15) is 17.5 Å². The van der Waals surface area contributed by atoms with E-state index >= 15 is 0 Å². The molecule has 3 heterocycles. The van der Waals surface area contributed by atoms with Crippen molar-refractivity contribution < 1.29 is 35.5 Å². The number of nitrogens with zero attached hydrogens (tertiary/aromatic N) is 2. The average Bonchev–Trinajstić information content (AvgIpc) is 3.56. The van der Waals surface area contributed by atoms with Crippen LogP contribution in [0.25, 0.3) is 11.0 Å². The van der Waals surface area contributed by atoms with Crippen LogP contribution in [-0.2, 0) is 27.4 Å². The summed E-state index contributed by atoms with van der Waals surface area (Å²) in [6, 6.07) is 16.5. The van der Waals surface area contributed by atoms with E-state index in [0.717, 1.165) is 17.8 Å². The van der Waals surface area contributed by atoms with E-state index in [4.69, 9.17) is 9.15 Å². The van der Waals surface area contributed by atoms with E-state index in [1.54, 1.807) is 48.5 Å². The molecule has 0 aliphatic carbocycles. The second kappa shape index (κ2) is 10.2. The van der Waals surface area contributed by atoms with Gasteiger partial charge in [-0.15, -0.1) is 0 Å². The van der Waals surface area contributed by atoms with Gasteiger partial charge in [0.2, 0.25) is 5.09 Å². The Hall–Kier alpha value is -3.70. The van der Waals surface area contributed by atoms with Gasteiger partial charge in [0, 0.05) is 24.4 Å². The number of carbonyl (C=O) groups is 1. The maximum atomic E-state index is 13.3. The molecule has 11 heteroatoms. The molecule has 1 aliphatic heterocycles. The van der Waals surface area contributed by atoms with Crippen LogP contribution in [0.5, 0.6) is 11.5 Å². The van der Waals surface area contributed by atoms with Gasteiger partial charge in [0.05, 0.1) is 12.2 Å². The number of carbonyl (C=O) groups excluding carboxylic acids is 1. The van der Waals surface area contributed by atoms with Gasteiger partial charge >= 0.3 is 6.18 Å². The number of pyridine rings is 1. The molecule has 2 aromatic carbocycles. The molecule has 198 valence electrons. The first-order valence-corrected chi connectivity index (χ1v) is 13.4. The number of alkyl halides is 3. The highest BCUT2D eigenvalue weighted by atomic mass is 32.2. The summed E-state index contributed by atoms with van der Waals surface area (Å²) in [5.41, 5.74) is 0.211. The molecule has 0 radical (unpaired) electrons. The van der Waals surface area contributed by atoms with Crippen LogP contribution >= 0.6 is 0 Å². The Kier molecular flexibility index (Phi) is 6.97. The minimum absolute atomic E-state index is 0.113. The van der Waals surface area contributed by atoms with Crippen molar-refractivity contribution in [3.63, 3.8) is 0 Å². The molecule has 1 aliphatic rings. The van der Waals surface area contributed by atoms with Gasteiger partial charge in [-0.05, 0) is 55.2 Å². The van der Waals surface area contributed by atoms with Crippen molar-refractivity contribution in [1.82, 2.24) is 9.29 Å². The predicted molar refractivity (Wildman–Crippen MR) is 132 cm³/mol. The molecular weight excluding hydrogens is 521 g/mol. The second-order valence-electron chi connectivity index (χ2n) is 8.97. The van der Waals surface area contributed by atoms with Gasteiger partial charge in [0.1, 0.15) is 22.8 Å². The number of fused-ring (bicyclic) bond motifs is 1. The Morgan fingerprint density at radius 3 is 2.61 bits per heavy atom. The molecule has 7 nitrogen and oxygen atoms in total. The summed E-state index contributed by atoms with van der Waals surface area (Å²) in [5, 5.41) is 0.489. The number of aromatic nitrogens is 1. The molecule has 1 unspecified atom stereocenters. The van der Waals surface area contributed by atoms with Crippen LogP contribution in [0.4, 0.5) is 13.2 Å². The Morgan fingerprint density at radius 1 is 1.05 bits per heavy atom. The first-order valence-electron chi connectivity index (χ1n) is 11.9. The van der Waals surface area contributed by atoms with Gasteiger partial charge in [0.15, 0.2) is 5.78 Å². The number of aryl methyl sites for hydroxylation is 1. The van der Waals surface area contributed by atoms with Gasteiger partial charge in [-0.1, -0.05) is 30.3 Å². The number of furan rings is 1. The molecule has 4 aromatic rings. The van der Waals surface area contributed by atoms with Crippen molar-refractivity contribution in [3.8, 4) is 11.5 Å². The first kappa shape index (κ1) is 25.9. The fourth-order valence-corrected chi connectivity index (χ4v) is 6.12. The summed E-state index contributed by atoms with van der Waals surface area (Å²) in [6.45, 7) is 0.236. The largest absolute Gasteiger partial charge is 0.456 e. The summed E-state index contributed by atoms with van der Waals surface area (Å²) in [6.07, 6.45) is -2.08. The van der Waals surface area contributed by atoms with E-state index in [-0.39, 0.29) is 29.6 Å². The van der Waals surface area contributed by atoms with Crippen LogP contribution < -0.4 is 4.74 Å². The third kappa shape index (κ3) is 5.44. The molecule has 1 atom stereocenters. The minimum atomic E-state index is -4.54. The van der Waals surface area contributed by atoms with Crippen molar-refractivity contribution in [2.75, 3.05) is 6.54 Å². The van der Waals surface area contributed by atoms with E-state index in [1.165, 1.54) is 16.4 Å². The smallest absolute Gasteiger partial charge is 0.433 e. The SMILES string of the molecule is O=C(CCc1cccc(Oc2ccc(C(F)(F)F)nc2)c1)C1CCCN1S(=O)(=O)c1cc2ccccc2o1. The quantitative estimate of drug-likeness (QED) is 0.271. The summed E-state index contributed by atoms with van der Waals surface area (Å²) in [5.74, 6) is 0.329. The molecule has 0 saturated carbocycles. The van der Waals surface area contributed by atoms with Crippen LogP contribution in [0.3, 0.4) is 0 Å². The fraction of sp³-hybridized carbons (Fsp3) is 0.259. The van der Waals surface area contributed by atoms with Crippen LogP contribution in [0.2, 0.25) is 0 Å². The predicted octanol–water partition coefficient (Wildman–Crippen LogP) is 5.99. The van der Waals surface area contributed by atoms with Crippen molar-refractivity contribution in [2.24, 2.45) is 0 Å². The second-order valence-corrected chi connectivity index (χ2v) is 10.8. The number of ether oxygens (including phenoxy) is 1. The van der Waals surface area contributed by atoms with Crippen molar-refractivity contribution in [1.29, 1.82) is 0 Å². The van der Waals surface area contributed by atoms with Crippen molar-refractivity contribution >= 4 is 26.8 Å². The lowest BCUT2D eigenvalue weighted by Gasteiger charge is -2.21. The molecule has 38 heavy (non-hydrogen) atoms. The maximum absolute atomic E-state index is 13.3. The number of hydrogen-bond donors (Lipinski definition) is 0. The topological polar surface area (TPSA) is 89.7 Å². The zero-order valence-corrected chi connectivity index (χ0v) is 20.8. The molecule has 1 fully saturated rings. The fourth-order valence-electron chi connectivity index (χ4n) is 4.49. The van der Waals surface area contributed by atoms with Crippen LogP contribution in [0.1, 0.15) is 30.5 Å². The Balaban J connectivity index is 1.24. The zero-order chi connectivity index (χ0) is 26.9. The van der Waals surface area contributed by atoms with Gasteiger partial charge in [-0.3, -0.25) is 4.79 Å². The third-order valence-electron chi connectivity index (χ3n) is 6.36. The van der Waals surface area contributed by atoms with Gasteiger partial charge < -0.3 is 9.15 Å². The van der Waals surface area contributed by atoms with Gasteiger partial charge in [0.25, 0.3) is 10.0 Å². The number of Topliss-reactive ketones (excluding diaryl/α,β-unsaturated/α-hetero) is 1. The highest BCUT2D eigenvalue weighted by Crippen LogP contribution is 2.32. The lowest BCUT2D eigenvalue weighted by atomic mass is 10.0. The van der Waals surface area contributed by atoms with E-state index in [1.807, 2.05) is 0 Å². The minimum Gasteiger partial charge on any atom is -0.456 e. The lowest BCUT2D eigenvalue weighted by Crippen LogP contribution is -2.40. The summed E-state index contributed by atoms with van der Waals surface area (Å²) < 4.78 is 77.1. The van der Waals surface area contributed by atoms with E-state index in [2.05, 4.69) is 4.98 Å². The van der Waals surface area contributed by atoms with Crippen molar-refractivity contribution in [3.05, 3.63) is 84.2 Å². The molecule has 0 N–H and O–H groups in total. The Labute approximate surface area is 216 Å². The molecule has 1 saturated heterocycles. The van der Waals surface area contributed by atoms with Crippen molar-refractivity contribution in [2.45, 2.75) is 43.0 Å². The highest BCUT2D eigenvalue weighted by Gasteiger charge is 2.40. The number of rotatable bonds is 8. The Morgan fingerprint density at radius 2 is 1.87 bits per heavy atom.